The molecule has 63 heavy (non-hydrogen) atoms. The Hall–Kier alpha value is -5.22. The van der Waals surface area contributed by atoms with Crippen LogP contribution >= 0.6 is 0 Å². The highest BCUT2D eigenvalue weighted by atomic mass is 16.5. The van der Waals surface area contributed by atoms with Crippen LogP contribution in [-0.2, 0) is 21.0 Å². The zero-order valence-corrected chi connectivity index (χ0v) is 40.1. The minimum Gasteiger partial charge on any atom is -0.501 e. The average molecular weight is 831 g/mol. The number of aryl methyl sites for hydroxylation is 1. The summed E-state index contributed by atoms with van der Waals surface area (Å²) >= 11 is 0. The van der Waals surface area contributed by atoms with E-state index >= 15 is 0 Å². The van der Waals surface area contributed by atoms with Gasteiger partial charge in [0.15, 0.2) is 0 Å². The number of benzene rings is 5. The van der Waals surface area contributed by atoms with Crippen LogP contribution < -0.4 is 20.7 Å². The summed E-state index contributed by atoms with van der Waals surface area (Å²) in [7, 11) is 0. The lowest BCUT2D eigenvalue weighted by Gasteiger charge is -2.47. The predicted octanol–water partition coefficient (Wildman–Crippen LogP) is 14.7. The number of rotatable bonds is 3. The first-order valence-corrected chi connectivity index (χ1v) is 23.7. The maximum absolute atomic E-state index is 7.55. The lowest BCUT2D eigenvalue weighted by Crippen LogP contribution is -2.57. The van der Waals surface area contributed by atoms with E-state index in [1.54, 1.807) is 0 Å². The van der Waals surface area contributed by atoms with Gasteiger partial charge in [-0.3, -0.25) is 0 Å². The van der Waals surface area contributed by atoms with Crippen molar-refractivity contribution >= 4 is 46.1 Å². The number of allylic oxidation sites excluding steroid dienone is 3. The standard InChI is InChI=1S/C59H67BN2O/c1-38-34-51-53-52(35-38)62(48-21-17-16-20-42(48)39-18-14-13-15-19-39)49-27-26-43-44(57(7,8)30-29-56(43,5)6)28-33-63-54(49)60(53)47-36-45-46(59(11,12)32-31-58(45,9)10)37-50(47)61(51)41-24-22-40(23-25-41)55(2,3)4/h13-26,28,34-37H,27,29-33H2,1-12H3/b43-26?,44-28+. The third kappa shape index (κ3) is 6.76. The molecule has 0 spiro atoms. The Labute approximate surface area is 379 Å². The minimum absolute atomic E-state index is 0.0446. The molecule has 0 aromatic heterocycles. The quantitative estimate of drug-likeness (QED) is 0.169. The van der Waals surface area contributed by atoms with Gasteiger partial charge in [-0.25, -0.2) is 0 Å². The van der Waals surface area contributed by atoms with Crippen LogP contribution in [0.3, 0.4) is 0 Å². The number of nitrogens with zero attached hydrogens (tertiary/aromatic N) is 2. The molecule has 4 heteroatoms. The van der Waals surface area contributed by atoms with E-state index in [-0.39, 0.29) is 33.8 Å². The molecular formula is C59H67BN2O. The van der Waals surface area contributed by atoms with Gasteiger partial charge in [0, 0.05) is 34.7 Å². The molecule has 3 heterocycles. The molecule has 0 unspecified atom stereocenters. The van der Waals surface area contributed by atoms with Gasteiger partial charge < -0.3 is 14.5 Å². The predicted molar refractivity (Wildman–Crippen MR) is 269 cm³/mol. The van der Waals surface area contributed by atoms with Gasteiger partial charge in [-0.1, -0.05) is 149 Å². The zero-order chi connectivity index (χ0) is 44.4. The zero-order valence-electron chi connectivity index (χ0n) is 40.1. The monoisotopic (exact) mass is 831 g/mol. The summed E-state index contributed by atoms with van der Waals surface area (Å²) in [5, 5.41) is 0. The summed E-state index contributed by atoms with van der Waals surface area (Å²) in [6, 6.07) is 39.6. The van der Waals surface area contributed by atoms with Gasteiger partial charge >= 0.3 is 0 Å². The van der Waals surface area contributed by atoms with Crippen molar-refractivity contribution in [3.8, 4) is 11.1 Å². The molecule has 1 saturated carbocycles. The lowest BCUT2D eigenvalue weighted by molar-refractivity contribution is 0.246. The van der Waals surface area contributed by atoms with Gasteiger partial charge in [0.25, 0.3) is 6.71 Å². The van der Waals surface area contributed by atoms with Crippen LogP contribution in [0.2, 0.25) is 0 Å². The smallest absolute Gasteiger partial charge is 0.295 e. The summed E-state index contributed by atoms with van der Waals surface area (Å²) < 4.78 is 7.55. The third-order valence-corrected chi connectivity index (χ3v) is 15.8. The molecule has 0 atom stereocenters. The van der Waals surface area contributed by atoms with Gasteiger partial charge in [0.2, 0.25) is 0 Å². The first kappa shape index (κ1) is 41.8. The number of anilines is 5. The average Bonchev–Trinajstić information content (AvgIpc) is 3.34. The highest BCUT2D eigenvalue weighted by Gasteiger charge is 2.49. The van der Waals surface area contributed by atoms with Crippen molar-refractivity contribution in [2.45, 2.75) is 131 Å². The van der Waals surface area contributed by atoms with E-state index in [2.05, 4.69) is 208 Å². The molecule has 2 aliphatic carbocycles. The van der Waals surface area contributed by atoms with Crippen LogP contribution in [0.1, 0.15) is 131 Å². The fraction of sp³-hybridized carbons (Fsp3) is 0.390. The van der Waals surface area contributed by atoms with Gasteiger partial charge in [-0.15, -0.1) is 0 Å². The van der Waals surface area contributed by atoms with E-state index < -0.39 is 0 Å². The molecule has 0 N–H and O–H groups in total. The summed E-state index contributed by atoms with van der Waals surface area (Å²) in [5.41, 5.74) is 22.3. The number of hydrogen-bond acceptors (Lipinski definition) is 3. The summed E-state index contributed by atoms with van der Waals surface area (Å²) in [6.45, 7) is 29.3. The Morgan fingerprint density at radius 1 is 0.571 bits per heavy atom. The Morgan fingerprint density at radius 2 is 1.14 bits per heavy atom. The molecule has 3 nitrogen and oxygen atoms in total. The van der Waals surface area contributed by atoms with Crippen LogP contribution in [0, 0.1) is 17.8 Å². The van der Waals surface area contributed by atoms with Crippen molar-refractivity contribution in [3.63, 3.8) is 0 Å². The second-order valence-electron chi connectivity index (χ2n) is 23.1. The van der Waals surface area contributed by atoms with Gasteiger partial charge in [0.05, 0.1) is 17.0 Å². The van der Waals surface area contributed by atoms with Crippen LogP contribution in [0.15, 0.2) is 138 Å². The van der Waals surface area contributed by atoms with Gasteiger partial charge in [-0.05, 0) is 152 Å². The fourth-order valence-electron chi connectivity index (χ4n) is 11.8. The fourth-order valence-corrected chi connectivity index (χ4v) is 11.8. The van der Waals surface area contributed by atoms with Crippen molar-refractivity contribution in [2.75, 3.05) is 16.4 Å². The first-order chi connectivity index (χ1) is 29.8. The van der Waals surface area contributed by atoms with Crippen LogP contribution in [-0.4, -0.2) is 13.3 Å². The Bertz CT molecular complexity index is 2750. The molecule has 0 bridgehead atoms. The van der Waals surface area contributed by atoms with Gasteiger partial charge in [0.1, 0.15) is 6.61 Å². The van der Waals surface area contributed by atoms with Crippen LogP contribution in [0.5, 0.6) is 0 Å². The molecule has 5 aromatic rings. The van der Waals surface area contributed by atoms with Crippen LogP contribution in [0.4, 0.5) is 28.4 Å². The van der Waals surface area contributed by atoms with Crippen molar-refractivity contribution in [1.29, 1.82) is 0 Å². The summed E-state index contributed by atoms with van der Waals surface area (Å²) in [6.07, 6.45) is 10.5. The van der Waals surface area contributed by atoms with E-state index in [0.29, 0.717) is 6.61 Å². The highest BCUT2D eigenvalue weighted by molar-refractivity contribution is 6.94. The Morgan fingerprint density at radius 3 is 1.79 bits per heavy atom. The summed E-state index contributed by atoms with van der Waals surface area (Å²) in [4.78, 5) is 5.22. The van der Waals surface area contributed by atoms with Crippen molar-refractivity contribution in [3.05, 3.63) is 160 Å². The second-order valence-corrected chi connectivity index (χ2v) is 23.1. The molecule has 3 aliphatic heterocycles. The molecule has 5 aromatic carbocycles. The largest absolute Gasteiger partial charge is 0.501 e. The van der Waals surface area contributed by atoms with Crippen LogP contribution in [0.25, 0.3) is 11.1 Å². The van der Waals surface area contributed by atoms with E-state index in [1.807, 2.05) is 0 Å². The van der Waals surface area contributed by atoms with Crippen molar-refractivity contribution < 1.29 is 4.74 Å². The van der Waals surface area contributed by atoms with Gasteiger partial charge in [-0.2, -0.15) is 0 Å². The van der Waals surface area contributed by atoms with Crippen molar-refractivity contribution in [2.24, 2.45) is 10.8 Å². The third-order valence-electron chi connectivity index (χ3n) is 15.8. The van der Waals surface area contributed by atoms with E-state index in [9.17, 15) is 0 Å². The maximum atomic E-state index is 7.55. The number of hydrogen-bond donors (Lipinski definition) is 0. The van der Waals surface area contributed by atoms with E-state index in [0.717, 1.165) is 18.5 Å². The highest BCUT2D eigenvalue weighted by Crippen LogP contribution is 2.55. The normalized spacial score (nSPS) is 21.2. The van der Waals surface area contributed by atoms with E-state index in [4.69, 9.17) is 4.74 Å². The molecule has 1 fully saturated rings. The number of fused-ring (bicyclic) bond motifs is 5. The molecule has 10 rings (SSSR count). The molecule has 5 aliphatic rings. The van der Waals surface area contributed by atoms with Crippen molar-refractivity contribution in [1.82, 2.24) is 0 Å². The minimum atomic E-state index is -0.0880. The molecule has 0 amide bonds. The summed E-state index contributed by atoms with van der Waals surface area (Å²) in [5.74, 6) is 0. The SMILES string of the molecule is Cc1cc2c3c(c1)N(c1ccc(C(C)(C)C)cc1)c1cc4c(cc1B3C1=C(CC=C3/C(=C\CO1)C(C)(C)CCC3(C)C)N2c1ccccc1-c1ccccc1)C(C)(C)CCC4(C)C. The molecule has 0 radical (unpaired) electrons. The Balaban J connectivity index is 1.31. The molecule has 322 valence electrons. The first-order valence-electron chi connectivity index (χ1n) is 23.7. The maximum Gasteiger partial charge on any atom is 0.295 e. The number of para-hydroxylation sites is 1. The lowest BCUT2D eigenvalue weighted by atomic mass is 9.35. The topological polar surface area (TPSA) is 15.7 Å². The Kier molecular flexibility index (Phi) is 9.55. The van der Waals surface area contributed by atoms with E-state index in [1.165, 1.54) is 109 Å². The number of ether oxygens (including phenoxy) is 1. The molecular weight excluding hydrogens is 763 g/mol. The molecule has 0 saturated heterocycles. The second kappa shape index (κ2) is 14.4.